The number of hydrogen-bond donors (Lipinski definition) is 0. The summed E-state index contributed by atoms with van der Waals surface area (Å²) < 4.78 is 4.76. The molecule has 0 aliphatic heterocycles. The van der Waals surface area contributed by atoms with Crippen molar-refractivity contribution in [3.05, 3.63) is 0 Å². The Balaban J connectivity index is 3.20. The maximum absolute atomic E-state index is 11.5. The Morgan fingerprint density at radius 1 is 0.818 bits per heavy atom. The number of thioether (sulfide) groups is 1. The molecule has 0 aromatic heterocycles. The number of Topliss-reactive ketones (excluding diaryl/α,β-unsaturated/α-hetero) is 1. The van der Waals surface area contributed by atoms with Gasteiger partial charge in [-0.2, -0.15) is 11.8 Å². The van der Waals surface area contributed by atoms with Crippen LogP contribution in [0.15, 0.2) is 0 Å². The van der Waals surface area contributed by atoms with Crippen molar-refractivity contribution in [1.29, 1.82) is 0 Å². The van der Waals surface area contributed by atoms with Gasteiger partial charge in [-0.25, -0.2) is 0 Å². The zero-order chi connectivity index (χ0) is 16.5. The Kier molecular flexibility index (Phi) is 16.5. The second kappa shape index (κ2) is 16.9. The monoisotopic (exact) mass is 330 g/mol. The van der Waals surface area contributed by atoms with Gasteiger partial charge in [0.15, 0.2) is 5.78 Å². The van der Waals surface area contributed by atoms with Crippen molar-refractivity contribution in [2.45, 2.75) is 84.5 Å². The molecule has 0 atom stereocenters. The first-order valence-corrected chi connectivity index (χ1v) is 10.1. The number of unbranched alkanes of at least 4 members (excludes halogenated alkanes) is 9. The van der Waals surface area contributed by atoms with Crippen molar-refractivity contribution in [3.63, 3.8) is 0 Å². The van der Waals surface area contributed by atoms with E-state index in [1.54, 1.807) is 18.7 Å². The third kappa shape index (κ3) is 15.9. The molecule has 0 N–H and O–H groups in total. The molecule has 0 saturated carbocycles. The predicted octanol–water partition coefficient (Wildman–Crippen LogP) is 5.16. The maximum Gasteiger partial charge on any atom is 0.313 e. The molecule has 0 heterocycles. The molecule has 0 radical (unpaired) electrons. The van der Waals surface area contributed by atoms with Gasteiger partial charge < -0.3 is 4.74 Å². The highest BCUT2D eigenvalue weighted by molar-refractivity contribution is 7.99. The quantitative estimate of drug-likeness (QED) is 0.223. The van der Waals surface area contributed by atoms with Crippen molar-refractivity contribution < 1.29 is 14.3 Å². The van der Waals surface area contributed by atoms with Crippen molar-refractivity contribution in [2.75, 3.05) is 18.1 Å². The molecular formula is C18H34O3S. The Labute approximate surface area is 141 Å². The minimum Gasteiger partial charge on any atom is -0.466 e. The molecule has 0 fully saturated rings. The first kappa shape index (κ1) is 21.5. The Morgan fingerprint density at radius 2 is 1.36 bits per heavy atom. The Morgan fingerprint density at radius 3 is 1.91 bits per heavy atom. The molecule has 0 amide bonds. The molecule has 4 heteroatoms. The van der Waals surface area contributed by atoms with E-state index in [0.29, 0.717) is 12.4 Å². The van der Waals surface area contributed by atoms with Gasteiger partial charge in [-0.15, -0.1) is 0 Å². The summed E-state index contributed by atoms with van der Waals surface area (Å²) in [5.74, 6) is 1.05. The molecule has 0 rings (SSSR count). The van der Waals surface area contributed by atoms with E-state index in [4.69, 9.17) is 4.74 Å². The largest absolute Gasteiger partial charge is 0.466 e. The topological polar surface area (TPSA) is 43.4 Å². The summed E-state index contributed by atoms with van der Waals surface area (Å²) in [5.41, 5.74) is 0. The van der Waals surface area contributed by atoms with Crippen LogP contribution in [0, 0.1) is 0 Å². The highest BCUT2D eigenvalue weighted by Gasteiger charge is 2.09. The smallest absolute Gasteiger partial charge is 0.313 e. The van der Waals surface area contributed by atoms with Crippen molar-refractivity contribution >= 4 is 23.5 Å². The fourth-order valence-electron chi connectivity index (χ4n) is 2.30. The predicted molar refractivity (Wildman–Crippen MR) is 95.4 cm³/mol. The van der Waals surface area contributed by atoms with E-state index in [9.17, 15) is 9.59 Å². The zero-order valence-corrected chi connectivity index (χ0v) is 15.3. The van der Waals surface area contributed by atoms with Gasteiger partial charge >= 0.3 is 5.97 Å². The molecule has 130 valence electrons. The van der Waals surface area contributed by atoms with Gasteiger partial charge in [0.05, 0.1) is 12.4 Å². The summed E-state index contributed by atoms with van der Waals surface area (Å²) in [6.45, 7) is 4.35. The molecule has 0 unspecified atom stereocenters. The van der Waals surface area contributed by atoms with E-state index >= 15 is 0 Å². The van der Waals surface area contributed by atoms with Gasteiger partial charge in [-0.1, -0.05) is 64.7 Å². The fraction of sp³-hybridized carbons (Fsp3) is 0.889. The van der Waals surface area contributed by atoms with Gasteiger partial charge in [-0.05, 0) is 19.1 Å². The highest BCUT2D eigenvalue weighted by Crippen LogP contribution is 2.12. The fourth-order valence-corrected chi connectivity index (χ4v) is 3.18. The Bertz CT molecular complexity index is 280. The van der Waals surface area contributed by atoms with Gasteiger partial charge in [0, 0.05) is 0 Å². The van der Waals surface area contributed by atoms with Crippen LogP contribution in [0.25, 0.3) is 0 Å². The molecule has 0 saturated heterocycles. The van der Waals surface area contributed by atoms with Gasteiger partial charge in [0.25, 0.3) is 0 Å². The maximum atomic E-state index is 11.5. The average Bonchev–Trinajstić information content (AvgIpc) is 2.48. The van der Waals surface area contributed by atoms with Crippen LogP contribution in [-0.4, -0.2) is 29.9 Å². The Hall–Kier alpha value is -0.510. The van der Waals surface area contributed by atoms with Crippen molar-refractivity contribution in [1.82, 2.24) is 0 Å². The molecular weight excluding hydrogens is 296 g/mol. The number of ether oxygens (including phenoxy) is 1. The second-order valence-electron chi connectivity index (χ2n) is 5.76. The van der Waals surface area contributed by atoms with Crippen LogP contribution < -0.4 is 0 Å². The van der Waals surface area contributed by atoms with Crippen molar-refractivity contribution in [2.24, 2.45) is 0 Å². The number of carbonyl (C=O) groups excluding carboxylic acids is 2. The molecule has 0 aliphatic carbocycles. The number of ketones is 1. The van der Waals surface area contributed by atoms with E-state index in [1.807, 2.05) is 0 Å². The molecule has 0 aliphatic rings. The van der Waals surface area contributed by atoms with E-state index in [-0.39, 0.29) is 12.2 Å². The van der Waals surface area contributed by atoms with Crippen LogP contribution >= 0.6 is 11.8 Å². The zero-order valence-electron chi connectivity index (χ0n) is 14.5. The van der Waals surface area contributed by atoms with E-state index in [2.05, 4.69) is 6.92 Å². The summed E-state index contributed by atoms with van der Waals surface area (Å²) in [4.78, 5) is 22.6. The summed E-state index contributed by atoms with van der Waals surface area (Å²) in [6.07, 6.45) is 13.3. The first-order chi connectivity index (χ1) is 10.7. The number of hydrogen-bond acceptors (Lipinski definition) is 4. The lowest BCUT2D eigenvalue weighted by Gasteiger charge is -2.03. The summed E-state index contributed by atoms with van der Waals surface area (Å²) in [7, 11) is 0. The van der Waals surface area contributed by atoms with Crippen LogP contribution in [0.4, 0.5) is 0 Å². The molecule has 0 aromatic carbocycles. The SMILES string of the molecule is CCCCCCCCCCCCSCC(=O)CC(=O)OCC. The van der Waals surface area contributed by atoms with Crippen LogP contribution in [-0.2, 0) is 14.3 Å². The molecule has 3 nitrogen and oxygen atoms in total. The summed E-state index contributed by atoms with van der Waals surface area (Å²) >= 11 is 1.64. The van der Waals surface area contributed by atoms with E-state index < -0.39 is 5.97 Å². The first-order valence-electron chi connectivity index (χ1n) is 8.95. The minimum atomic E-state index is -0.396. The van der Waals surface area contributed by atoms with Gasteiger partial charge in [0.1, 0.15) is 6.42 Å². The minimum absolute atomic E-state index is 0.0180. The van der Waals surface area contributed by atoms with Gasteiger partial charge in [-0.3, -0.25) is 9.59 Å². The molecule has 0 aromatic rings. The van der Waals surface area contributed by atoms with Crippen LogP contribution in [0.2, 0.25) is 0 Å². The van der Waals surface area contributed by atoms with E-state index in [0.717, 1.165) is 5.75 Å². The second-order valence-corrected chi connectivity index (χ2v) is 6.86. The number of esters is 1. The normalized spacial score (nSPS) is 10.6. The van der Waals surface area contributed by atoms with Gasteiger partial charge in [0.2, 0.25) is 0 Å². The average molecular weight is 331 g/mol. The molecule has 0 spiro atoms. The third-order valence-electron chi connectivity index (χ3n) is 3.55. The lowest BCUT2D eigenvalue weighted by atomic mass is 10.1. The lowest BCUT2D eigenvalue weighted by molar-refractivity contribution is -0.145. The summed E-state index contributed by atoms with van der Waals surface area (Å²) in [6, 6.07) is 0. The standard InChI is InChI=1S/C18H34O3S/c1-3-5-6-7-8-9-10-11-12-13-14-22-16-17(19)15-18(20)21-4-2/h3-16H2,1-2H3. The molecule has 0 bridgehead atoms. The van der Waals surface area contributed by atoms with Crippen LogP contribution in [0.5, 0.6) is 0 Å². The van der Waals surface area contributed by atoms with E-state index in [1.165, 1.54) is 64.2 Å². The number of rotatable bonds is 16. The van der Waals surface area contributed by atoms with Crippen LogP contribution in [0.1, 0.15) is 84.5 Å². The number of carbonyl (C=O) groups is 2. The van der Waals surface area contributed by atoms with Crippen LogP contribution in [0.3, 0.4) is 0 Å². The third-order valence-corrected chi connectivity index (χ3v) is 4.66. The summed E-state index contributed by atoms with van der Waals surface area (Å²) in [5, 5.41) is 0. The van der Waals surface area contributed by atoms with Crippen molar-refractivity contribution in [3.8, 4) is 0 Å². The molecule has 22 heavy (non-hydrogen) atoms. The lowest BCUT2D eigenvalue weighted by Crippen LogP contribution is -2.12. The highest BCUT2D eigenvalue weighted by atomic mass is 32.2.